The zero-order valence-electron chi connectivity index (χ0n) is 8.37. The van der Waals surface area contributed by atoms with Crippen LogP contribution in [0.5, 0.6) is 0 Å². The van der Waals surface area contributed by atoms with Crippen LogP contribution in [0.1, 0.15) is 27.2 Å². The number of carbonyl (C=O) groups is 1. The molecule has 0 aromatic rings. The molecular formula is C9H17N3O. The molecule has 0 bridgehead atoms. The lowest BCUT2D eigenvalue weighted by Gasteiger charge is -2.14. The van der Waals surface area contributed by atoms with Gasteiger partial charge in [0.2, 0.25) is 5.91 Å². The number of hydrogen-bond donors (Lipinski definition) is 2. The van der Waals surface area contributed by atoms with Gasteiger partial charge in [-0.15, -0.1) is 0 Å². The maximum Gasteiger partial charge on any atom is 0.237 e. The van der Waals surface area contributed by atoms with Crippen LogP contribution in [-0.2, 0) is 4.79 Å². The van der Waals surface area contributed by atoms with E-state index in [2.05, 4.69) is 5.32 Å². The van der Waals surface area contributed by atoms with Crippen LogP contribution in [0.15, 0.2) is 0 Å². The van der Waals surface area contributed by atoms with Crippen LogP contribution in [-0.4, -0.2) is 18.0 Å². The summed E-state index contributed by atoms with van der Waals surface area (Å²) in [5, 5.41) is 11.0. The molecule has 0 aromatic heterocycles. The number of nitriles is 1. The van der Waals surface area contributed by atoms with E-state index in [1.165, 1.54) is 0 Å². The van der Waals surface area contributed by atoms with E-state index in [0.717, 1.165) is 0 Å². The number of nitrogens with one attached hydrogen (secondary N) is 1. The summed E-state index contributed by atoms with van der Waals surface area (Å²) in [4.78, 5) is 11.3. The van der Waals surface area contributed by atoms with Gasteiger partial charge in [-0.2, -0.15) is 5.26 Å². The van der Waals surface area contributed by atoms with E-state index in [4.69, 9.17) is 11.0 Å². The molecule has 74 valence electrons. The van der Waals surface area contributed by atoms with Gasteiger partial charge in [0.05, 0.1) is 12.1 Å². The van der Waals surface area contributed by atoms with Crippen molar-refractivity contribution < 1.29 is 4.79 Å². The van der Waals surface area contributed by atoms with Gasteiger partial charge in [0, 0.05) is 0 Å². The highest BCUT2D eigenvalue weighted by molar-refractivity contribution is 5.81. The molecule has 2 unspecified atom stereocenters. The zero-order chi connectivity index (χ0) is 10.4. The molecule has 2 atom stereocenters. The normalized spacial score (nSPS) is 14.8. The molecule has 0 aliphatic heterocycles. The van der Waals surface area contributed by atoms with Crippen molar-refractivity contribution in [1.29, 1.82) is 5.26 Å². The van der Waals surface area contributed by atoms with Gasteiger partial charge in [0.15, 0.2) is 0 Å². The number of nitrogens with zero attached hydrogens (tertiary/aromatic N) is 1. The Kier molecular flexibility index (Phi) is 5.09. The summed E-state index contributed by atoms with van der Waals surface area (Å²) in [6.45, 7) is 5.63. The van der Waals surface area contributed by atoms with Crippen molar-refractivity contribution in [2.24, 2.45) is 11.7 Å². The second-order valence-corrected chi connectivity index (χ2v) is 3.60. The second kappa shape index (κ2) is 5.55. The van der Waals surface area contributed by atoms with Gasteiger partial charge in [-0.3, -0.25) is 4.79 Å². The molecule has 4 nitrogen and oxygen atoms in total. The molecule has 0 aliphatic rings. The summed E-state index contributed by atoms with van der Waals surface area (Å²) in [7, 11) is 0. The van der Waals surface area contributed by atoms with E-state index in [-0.39, 0.29) is 5.91 Å². The Bertz CT molecular complexity index is 207. The summed E-state index contributed by atoms with van der Waals surface area (Å²) in [6, 6.07) is 0.946. The first-order chi connectivity index (χ1) is 5.97. The van der Waals surface area contributed by atoms with E-state index >= 15 is 0 Å². The maximum absolute atomic E-state index is 11.3. The molecule has 0 fully saturated rings. The van der Waals surface area contributed by atoms with Crippen LogP contribution in [0.2, 0.25) is 0 Å². The summed E-state index contributed by atoms with van der Waals surface area (Å²) in [6.07, 6.45) is 0.643. The lowest BCUT2D eigenvalue weighted by Crippen LogP contribution is -2.44. The van der Waals surface area contributed by atoms with Crippen molar-refractivity contribution in [2.45, 2.75) is 39.3 Å². The summed E-state index contributed by atoms with van der Waals surface area (Å²) in [5.74, 6) is 0.140. The Hall–Kier alpha value is -1.08. The molecule has 0 aromatic carbocycles. The average molecular weight is 183 g/mol. The third-order valence-electron chi connectivity index (χ3n) is 1.61. The fourth-order valence-corrected chi connectivity index (χ4v) is 0.968. The number of hydrogen-bond acceptors (Lipinski definition) is 3. The second-order valence-electron chi connectivity index (χ2n) is 3.60. The van der Waals surface area contributed by atoms with Gasteiger partial charge in [0.1, 0.15) is 6.04 Å². The molecule has 0 rings (SSSR count). The number of amides is 1. The summed E-state index contributed by atoms with van der Waals surface area (Å²) >= 11 is 0. The van der Waals surface area contributed by atoms with Crippen molar-refractivity contribution in [3.05, 3.63) is 0 Å². The molecule has 0 saturated carbocycles. The molecule has 4 heteroatoms. The van der Waals surface area contributed by atoms with Gasteiger partial charge in [-0.25, -0.2) is 0 Å². The number of rotatable bonds is 4. The van der Waals surface area contributed by atoms with Crippen molar-refractivity contribution >= 4 is 5.91 Å². The predicted molar refractivity (Wildman–Crippen MR) is 50.6 cm³/mol. The molecule has 3 N–H and O–H groups in total. The minimum Gasteiger partial charge on any atom is -0.339 e. The smallest absolute Gasteiger partial charge is 0.237 e. The topological polar surface area (TPSA) is 78.9 Å². The molecular weight excluding hydrogens is 166 g/mol. The third kappa shape index (κ3) is 5.21. The quantitative estimate of drug-likeness (QED) is 0.661. The van der Waals surface area contributed by atoms with Crippen LogP contribution in [0.3, 0.4) is 0 Å². The van der Waals surface area contributed by atoms with Crippen LogP contribution in [0.4, 0.5) is 0 Å². The molecule has 0 spiro atoms. The highest BCUT2D eigenvalue weighted by atomic mass is 16.2. The fraction of sp³-hybridized carbons (Fsp3) is 0.778. The standard InChI is InChI=1S/C9H17N3O/c1-6(2)4-8(11)9(13)12-7(3)5-10/h6-8H,4,11H2,1-3H3,(H,12,13). The highest BCUT2D eigenvalue weighted by Crippen LogP contribution is 2.02. The Morgan fingerprint density at radius 2 is 2.08 bits per heavy atom. The van der Waals surface area contributed by atoms with E-state index in [1.54, 1.807) is 6.92 Å². The molecule has 13 heavy (non-hydrogen) atoms. The third-order valence-corrected chi connectivity index (χ3v) is 1.61. The van der Waals surface area contributed by atoms with Crippen molar-refractivity contribution in [3.63, 3.8) is 0 Å². The van der Waals surface area contributed by atoms with E-state index in [9.17, 15) is 4.79 Å². The Labute approximate surface area is 79.1 Å². The predicted octanol–water partition coefficient (Wildman–Crippen LogP) is 0.388. The monoisotopic (exact) mass is 183 g/mol. The maximum atomic E-state index is 11.3. The van der Waals surface area contributed by atoms with E-state index in [1.807, 2.05) is 19.9 Å². The molecule has 0 saturated heterocycles. The number of nitrogens with two attached hydrogens (primary N) is 1. The van der Waals surface area contributed by atoms with Crippen LogP contribution >= 0.6 is 0 Å². The summed E-state index contributed by atoms with van der Waals surface area (Å²) in [5.41, 5.74) is 5.60. The molecule has 0 radical (unpaired) electrons. The molecule has 0 heterocycles. The van der Waals surface area contributed by atoms with Crippen molar-refractivity contribution in [1.82, 2.24) is 5.32 Å². The molecule has 0 aliphatic carbocycles. The van der Waals surface area contributed by atoms with Crippen LogP contribution < -0.4 is 11.1 Å². The van der Waals surface area contributed by atoms with Crippen molar-refractivity contribution in [3.8, 4) is 6.07 Å². The minimum absolute atomic E-state index is 0.247. The first kappa shape index (κ1) is 11.9. The lowest BCUT2D eigenvalue weighted by atomic mass is 10.0. The zero-order valence-corrected chi connectivity index (χ0v) is 8.37. The Morgan fingerprint density at radius 3 is 2.46 bits per heavy atom. The van der Waals surface area contributed by atoms with Gasteiger partial charge in [0.25, 0.3) is 0 Å². The fourth-order valence-electron chi connectivity index (χ4n) is 0.968. The average Bonchev–Trinajstić information content (AvgIpc) is 2.02. The Balaban J connectivity index is 3.91. The van der Waals surface area contributed by atoms with Crippen LogP contribution in [0, 0.1) is 17.2 Å². The molecule has 1 amide bonds. The van der Waals surface area contributed by atoms with Crippen molar-refractivity contribution in [2.75, 3.05) is 0 Å². The van der Waals surface area contributed by atoms with Gasteiger partial charge >= 0.3 is 0 Å². The highest BCUT2D eigenvalue weighted by Gasteiger charge is 2.16. The summed E-state index contributed by atoms with van der Waals surface area (Å²) < 4.78 is 0. The minimum atomic E-state index is -0.504. The van der Waals surface area contributed by atoms with Gasteiger partial charge in [-0.05, 0) is 19.3 Å². The van der Waals surface area contributed by atoms with E-state index < -0.39 is 12.1 Å². The number of carbonyl (C=O) groups excluding carboxylic acids is 1. The van der Waals surface area contributed by atoms with E-state index in [0.29, 0.717) is 12.3 Å². The lowest BCUT2D eigenvalue weighted by molar-refractivity contribution is -0.122. The first-order valence-electron chi connectivity index (χ1n) is 4.43. The Morgan fingerprint density at radius 1 is 1.54 bits per heavy atom. The van der Waals surface area contributed by atoms with Gasteiger partial charge < -0.3 is 11.1 Å². The van der Waals surface area contributed by atoms with Crippen LogP contribution in [0.25, 0.3) is 0 Å². The largest absolute Gasteiger partial charge is 0.339 e. The SMILES string of the molecule is CC(C)CC(N)C(=O)NC(C)C#N. The van der Waals surface area contributed by atoms with Gasteiger partial charge in [-0.1, -0.05) is 13.8 Å². The first-order valence-corrected chi connectivity index (χ1v) is 4.43.